The van der Waals surface area contributed by atoms with E-state index in [9.17, 15) is 19.5 Å². The summed E-state index contributed by atoms with van der Waals surface area (Å²) in [6, 6.07) is 2.69. The van der Waals surface area contributed by atoms with Crippen molar-refractivity contribution in [2.24, 2.45) is 0 Å². The van der Waals surface area contributed by atoms with Crippen LogP contribution in [0.5, 0.6) is 11.5 Å². The van der Waals surface area contributed by atoms with Gasteiger partial charge in [0.2, 0.25) is 0 Å². The Morgan fingerprint density at radius 1 is 1.26 bits per heavy atom. The molecule has 3 atom stereocenters. The number of hydrogen-bond donors (Lipinski definition) is 1. The molecule has 0 aliphatic carbocycles. The monoisotopic (exact) mass is 472 g/mol. The molecular weight excluding hydrogens is 444 g/mol. The third-order valence-electron chi connectivity index (χ3n) is 6.54. The van der Waals surface area contributed by atoms with Crippen molar-refractivity contribution in [3.8, 4) is 11.5 Å². The predicted molar refractivity (Wildman–Crippen MR) is 121 cm³/mol. The molecule has 182 valence electrons. The fraction of sp³-hybridized carbons (Fsp3) is 0.480. The number of fused-ring (bicyclic) bond motifs is 2. The number of allylic oxidation sites excluding steroid dienone is 1. The molecule has 0 amide bonds. The van der Waals surface area contributed by atoms with Gasteiger partial charge in [-0.05, 0) is 41.5 Å². The number of rotatable bonds is 5. The molecule has 2 aliphatic rings. The number of ether oxygens (including phenoxy) is 4. The van der Waals surface area contributed by atoms with Crippen molar-refractivity contribution in [3.05, 3.63) is 45.3 Å². The van der Waals surface area contributed by atoms with Crippen LogP contribution in [-0.2, 0) is 36.8 Å². The first-order valence-corrected chi connectivity index (χ1v) is 11.1. The topological polar surface area (TPSA) is 125 Å². The van der Waals surface area contributed by atoms with Crippen LogP contribution in [0.15, 0.2) is 33.0 Å². The molecule has 9 heteroatoms. The summed E-state index contributed by atoms with van der Waals surface area (Å²) in [7, 11) is 0. The first kappa shape index (κ1) is 23.8. The van der Waals surface area contributed by atoms with Gasteiger partial charge in [0.15, 0.2) is 11.0 Å². The Balaban J connectivity index is 1.65. The van der Waals surface area contributed by atoms with E-state index < -0.39 is 34.7 Å². The molecule has 1 saturated heterocycles. The fourth-order valence-electron chi connectivity index (χ4n) is 3.86. The third kappa shape index (κ3) is 4.04. The highest BCUT2D eigenvalue weighted by Crippen LogP contribution is 2.44. The lowest BCUT2D eigenvalue weighted by Crippen LogP contribution is -2.50. The number of hydrogen-bond acceptors (Lipinski definition) is 9. The Kier molecular flexibility index (Phi) is 5.72. The SMILES string of the molecule is C/C=C(/C)C(=O)OCc1cc(=O)c2c(O)c3c(cc2o1)OC(C)(C)[C@@H](OC(=O)[C@@]1(C)O[C@H]1C)C3. The second-order valence-electron chi connectivity index (χ2n) is 9.37. The Morgan fingerprint density at radius 2 is 1.94 bits per heavy atom. The standard InChI is InChI=1S/C25H28O9/c1-7-12(2)22(28)30-11-14-8-16(26)20-18(31-14)10-17-15(21(20)27)9-19(24(4,5)34-17)32-23(29)25(6)13(3)33-25/h7-8,10,13,19,27H,9,11H2,1-6H3/b12-7-/t13-,19-,25-/m0/s1. The van der Waals surface area contributed by atoms with E-state index in [1.165, 1.54) is 12.1 Å². The maximum absolute atomic E-state index is 12.8. The van der Waals surface area contributed by atoms with Gasteiger partial charge >= 0.3 is 11.9 Å². The van der Waals surface area contributed by atoms with Crippen LogP contribution in [-0.4, -0.2) is 40.5 Å². The zero-order chi connectivity index (χ0) is 25.0. The van der Waals surface area contributed by atoms with Crippen molar-refractivity contribution in [1.82, 2.24) is 0 Å². The highest BCUT2D eigenvalue weighted by Gasteiger charge is 2.58. The number of aromatic hydroxyl groups is 1. The quantitative estimate of drug-likeness (QED) is 0.396. The minimum Gasteiger partial charge on any atom is -0.507 e. The Morgan fingerprint density at radius 3 is 2.56 bits per heavy atom. The van der Waals surface area contributed by atoms with Gasteiger partial charge in [-0.3, -0.25) is 4.79 Å². The van der Waals surface area contributed by atoms with Crippen molar-refractivity contribution in [2.45, 2.75) is 78.0 Å². The maximum Gasteiger partial charge on any atom is 0.341 e. The fourth-order valence-corrected chi connectivity index (χ4v) is 3.86. The molecule has 3 heterocycles. The first-order chi connectivity index (χ1) is 15.9. The summed E-state index contributed by atoms with van der Waals surface area (Å²) < 4.78 is 28.0. The molecule has 2 aliphatic heterocycles. The summed E-state index contributed by atoms with van der Waals surface area (Å²) in [5.41, 5.74) is -1.55. The average molecular weight is 472 g/mol. The molecule has 1 aromatic carbocycles. The molecule has 0 saturated carbocycles. The van der Waals surface area contributed by atoms with E-state index in [1.807, 2.05) is 0 Å². The molecule has 1 aromatic heterocycles. The van der Waals surface area contributed by atoms with Gasteiger partial charge in [0.1, 0.15) is 46.5 Å². The van der Waals surface area contributed by atoms with Crippen molar-refractivity contribution in [2.75, 3.05) is 0 Å². The lowest BCUT2D eigenvalue weighted by molar-refractivity contribution is -0.166. The Labute approximate surface area is 196 Å². The van der Waals surface area contributed by atoms with Crippen LogP contribution in [0.4, 0.5) is 0 Å². The highest BCUT2D eigenvalue weighted by molar-refractivity contribution is 5.88. The van der Waals surface area contributed by atoms with Crippen LogP contribution in [0.1, 0.15) is 52.9 Å². The smallest absolute Gasteiger partial charge is 0.341 e. The summed E-state index contributed by atoms with van der Waals surface area (Å²) in [5, 5.41) is 10.9. The van der Waals surface area contributed by atoms with Gasteiger partial charge in [-0.1, -0.05) is 6.08 Å². The summed E-state index contributed by atoms with van der Waals surface area (Å²) in [4.78, 5) is 37.3. The lowest BCUT2D eigenvalue weighted by atomic mass is 9.89. The van der Waals surface area contributed by atoms with Crippen LogP contribution in [0.3, 0.4) is 0 Å². The molecule has 34 heavy (non-hydrogen) atoms. The van der Waals surface area contributed by atoms with E-state index in [0.717, 1.165) is 0 Å². The van der Waals surface area contributed by atoms with Gasteiger partial charge in [-0.25, -0.2) is 9.59 Å². The Hall–Kier alpha value is -3.33. The molecular formula is C25H28O9. The molecule has 1 fully saturated rings. The summed E-state index contributed by atoms with van der Waals surface area (Å²) in [5.74, 6) is -0.885. The molecule has 1 N–H and O–H groups in total. The van der Waals surface area contributed by atoms with Crippen LogP contribution in [0, 0.1) is 0 Å². The van der Waals surface area contributed by atoms with Crippen molar-refractivity contribution in [1.29, 1.82) is 0 Å². The van der Waals surface area contributed by atoms with Gasteiger partial charge in [0.05, 0.1) is 6.10 Å². The lowest BCUT2D eigenvalue weighted by Gasteiger charge is -2.39. The zero-order valence-electron chi connectivity index (χ0n) is 20.0. The number of epoxide rings is 1. The normalized spacial score (nSPS) is 25.3. The average Bonchev–Trinajstić information content (AvgIpc) is 3.39. The van der Waals surface area contributed by atoms with E-state index in [2.05, 4.69) is 0 Å². The minimum atomic E-state index is -0.992. The van der Waals surface area contributed by atoms with Crippen LogP contribution in [0.2, 0.25) is 0 Å². The van der Waals surface area contributed by atoms with Gasteiger partial charge < -0.3 is 28.5 Å². The summed E-state index contributed by atoms with van der Waals surface area (Å²) >= 11 is 0. The number of benzene rings is 1. The Bertz CT molecular complexity index is 1270. The summed E-state index contributed by atoms with van der Waals surface area (Å²) in [6.45, 7) is 10.1. The molecule has 0 radical (unpaired) electrons. The van der Waals surface area contributed by atoms with Gasteiger partial charge in [-0.15, -0.1) is 0 Å². The van der Waals surface area contributed by atoms with Crippen molar-refractivity contribution in [3.63, 3.8) is 0 Å². The second kappa shape index (κ2) is 8.16. The third-order valence-corrected chi connectivity index (χ3v) is 6.54. The number of phenols is 1. The first-order valence-electron chi connectivity index (χ1n) is 11.1. The van der Waals surface area contributed by atoms with Gasteiger partial charge in [0.25, 0.3) is 0 Å². The van der Waals surface area contributed by atoms with E-state index in [-0.39, 0.29) is 41.6 Å². The van der Waals surface area contributed by atoms with Gasteiger partial charge in [-0.2, -0.15) is 0 Å². The molecule has 0 unspecified atom stereocenters. The van der Waals surface area contributed by atoms with E-state index in [4.69, 9.17) is 23.4 Å². The molecule has 0 bridgehead atoms. The minimum absolute atomic E-state index is 0.0297. The van der Waals surface area contributed by atoms with Crippen LogP contribution >= 0.6 is 0 Å². The predicted octanol–water partition coefficient (Wildman–Crippen LogP) is 3.31. The van der Waals surface area contributed by atoms with E-state index in [0.29, 0.717) is 16.9 Å². The molecule has 9 nitrogen and oxygen atoms in total. The molecule has 0 spiro atoms. The van der Waals surface area contributed by atoms with E-state index >= 15 is 0 Å². The van der Waals surface area contributed by atoms with Crippen molar-refractivity contribution < 1.29 is 38.1 Å². The van der Waals surface area contributed by atoms with Crippen LogP contribution in [0.25, 0.3) is 11.0 Å². The number of phenolic OH excluding ortho intramolecular Hbond substituents is 1. The number of carbonyl (C=O) groups is 2. The zero-order valence-corrected chi connectivity index (χ0v) is 20.0. The number of carbonyl (C=O) groups excluding carboxylic acids is 2. The van der Waals surface area contributed by atoms with Crippen LogP contribution < -0.4 is 10.2 Å². The molecule has 2 aromatic rings. The largest absolute Gasteiger partial charge is 0.507 e. The van der Waals surface area contributed by atoms with E-state index in [1.54, 1.807) is 47.6 Å². The number of esters is 2. The van der Waals surface area contributed by atoms with Crippen molar-refractivity contribution >= 4 is 22.9 Å². The second-order valence-corrected chi connectivity index (χ2v) is 9.37. The molecule has 4 rings (SSSR count). The highest BCUT2D eigenvalue weighted by atomic mass is 16.7. The summed E-state index contributed by atoms with van der Waals surface area (Å²) in [6.07, 6.45) is 0.801. The maximum atomic E-state index is 12.8. The van der Waals surface area contributed by atoms with Gasteiger partial charge in [0, 0.05) is 29.7 Å².